The lowest BCUT2D eigenvalue weighted by molar-refractivity contribution is 0.511. The average molecular weight is 234 g/mol. The van der Waals surface area contributed by atoms with Crippen LogP contribution in [0.15, 0.2) is 11.1 Å². The largest absolute Gasteiger partial charge is 0.346 e. The minimum atomic E-state index is -0.0489. The second-order valence-corrected chi connectivity index (χ2v) is 4.30. The van der Waals surface area contributed by atoms with Gasteiger partial charge in [-0.1, -0.05) is 0 Å². The lowest BCUT2D eigenvalue weighted by atomic mass is 10.2. The number of rotatable bonds is 2. The summed E-state index contributed by atoms with van der Waals surface area (Å²) >= 11 is 0. The maximum atomic E-state index is 12.0. The van der Waals surface area contributed by atoms with Crippen LogP contribution >= 0.6 is 0 Å². The van der Waals surface area contributed by atoms with Gasteiger partial charge in [0, 0.05) is 20.0 Å². The van der Waals surface area contributed by atoms with Gasteiger partial charge in [0.05, 0.1) is 0 Å². The van der Waals surface area contributed by atoms with Crippen LogP contribution in [0.2, 0.25) is 0 Å². The first-order valence-electron chi connectivity index (χ1n) is 5.75. The quantitative estimate of drug-likeness (QED) is 0.706. The molecular weight excluding hydrogens is 220 g/mol. The smallest absolute Gasteiger partial charge is 0.279 e. The first kappa shape index (κ1) is 10.2. The average Bonchev–Trinajstić information content (AvgIpc) is 2.86. The highest BCUT2D eigenvalue weighted by molar-refractivity contribution is 4.93. The highest BCUT2D eigenvalue weighted by Gasteiger charge is 2.17. The van der Waals surface area contributed by atoms with Gasteiger partial charge in [0.1, 0.15) is 18.7 Å². The molecule has 0 amide bonds. The van der Waals surface area contributed by atoms with Crippen molar-refractivity contribution in [3.63, 3.8) is 0 Å². The SMILES string of the molecule is Cn1cnc(Cn2nc3n(c2=O)CCCC3)n1. The molecule has 1 aliphatic heterocycles. The molecule has 17 heavy (non-hydrogen) atoms. The minimum absolute atomic E-state index is 0.0489. The van der Waals surface area contributed by atoms with Crippen LogP contribution in [-0.2, 0) is 26.6 Å². The minimum Gasteiger partial charge on any atom is -0.279 e. The fraction of sp³-hybridized carbons (Fsp3) is 0.600. The summed E-state index contributed by atoms with van der Waals surface area (Å²) < 4.78 is 4.83. The van der Waals surface area contributed by atoms with E-state index in [1.807, 2.05) is 0 Å². The third-order valence-corrected chi connectivity index (χ3v) is 2.97. The van der Waals surface area contributed by atoms with Gasteiger partial charge in [0.15, 0.2) is 5.82 Å². The second-order valence-electron chi connectivity index (χ2n) is 4.30. The number of fused-ring (bicyclic) bond motifs is 1. The van der Waals surface area contributed by atoms with E-state index in [-0.39, 0.29) is 5.69 Å². The summed E-state index contributed by atoms with van der Waals surface area (Å²) in [5.41, 5.74) is -0.0489. The molecule has 3 heterocycles. The van der Waals surface area contributed by atoms with Crippen molar-refractivity contribution in [2.45, 2.75) is 32.4 Å². The zero-order valence-electron chi connectivity index (χ0n) is 9.70. The van der Waals surface area contributed by atoms with Crippen molar-refractivity contribution in [2.75, 3.05) is 0 Å². The van der Waals surface area contributed by atoms with Crippen molar-refractivity contribution in [3.05, 3.63) is 28.5 Å². The summed E-state index contributed by atoms with van der Waals surface area (Å²) in [6, 6.07) is 0. The van der Waals surface area contributed by atoms with Gasteiger partial charge >= 0.3 is 5.69 Å². The molecule has 0 radical (unpaired) electrons. The Morgan fingerprint density at radius 2 is 2.24 bits per heavy atom. The third-order valence-electron chi connectivity index (χ3n) is 2.97. The van der Waals surface area contributed by atoms with Gasteiger partial charge in [-0.15, -0.1) is 0 Å². The van der Waals surface area contributed by atoms with Crippen molar-refractivity contribution in [2.24, 2.45) is 7.05 Å². The van der Waals surface area contributed by atoms with Gasteiger partial charge in [0.2, 0.25) is 0 Å². The maximum Gasteiger partial charge on any atom is 0.346 e. The Morgan fingerprint density at radius 1 is 1.35 bits per heavy atom. The van der Waals surface area contributed by atoms with Crippen LogP contribution < -0.4 is 5.69 Å². The molecule has 0 aromatic carbocycles. The number of nitrogens with zero attached hydrogens (tertiary/aromatic N) is 6. The number of hydrogen-bond donors (Lipinski definition) is 0. The highest BCUT2D eigenvalue weighted by atomic mass is 16.2. The summed E-state index contributed by atoms with van der Waals surface area (Å²) in [5.74, 6) is 1.50. The monoisotopic (exact) mass is 234 g/mol. The van der Waals surface area contributed by atoms with Crippen LogP contribution in [0.5, 0.6) is 0 Å². The molecule has 0 saturated carbocycles. The van der Waals surface area contributed by atoms with Crippen LogP contribution in [0.25, 0.3) is 0 Å². The van der Waals surface area contributed by atoms with Crippen LogP contribution in [0, 0.1) is 0 Å². The first-order valence-corrected chi connectivity index (χ1v) is 5.75. The highest BCUT2D eigenvalue weighted by Crippen LogP contribution is 2.09. The Bertz CT molecular complexity index is 592. The van der Waals surface area contributed by atoms with Crippen LogP contribution in [-0.4, -0.2) is 29.1 Å². The summed E-state index contributed by atoms with van der Waals surface area (Å²) in [7, 11) is 1.80. The molecule has 0 N–H and O–H groups in total. The van der Waals surface area contributed by atoms with Crippen LogP contribution in [0.1, 0.15) is 24.5 Å². The molecule has 90 valence electrons. The molecule has 0 aliphatic carbocycles. The molecule has 1 aliphatic rings. The summed E-state index contributed by atoms with van der Waals surface area (Å²) in [4.78, 5) is 16.1. The Hall–Kier alpha value is -1.92. The molecule has 2 aromatic rings. The van der Waals surface area contributed by atoms with E-state index in [9.17, 15) is 4.79 Å². The second kappa shape index (κ2) is 3.83. The predicted octanol–water partition coefficient (Wildman–Crippen LogP) is -0.442. The predicted molar refractivity (Wildman–Crippen MR) is 59.5 cm³/mol. The third kappa shape index (κ3) is 1.77. The Morgan fingerprint density at radius 3 is 2.94 bits per heavy atom. The molecule has 0 spiro atoms. The maximum absolute atomic E-state index is 12.0. The molecule has 0 atom stereocenters. The molecule has 3 rings (SSSR count). The topological polar surface area (TPSA) is 70.5 Å². The standard InChI is InChI=1S/C10H14N6O/c1-14-7-11-8(12-14)6-16-10(17)15-5-3-2-4-9(15)13-16/h7H,2-6H2,1H3. The van der Waals surface area contributed by atoms with Crippen molar-refractivity contribution >= 4 is 0 Å². The van der Waals surface area contributed by atoms with Gasteiger partial charge in [-0.05, 0) is 12.8 Å². The summed E-state index contributed by atoms with van der Waals surface area (Å²) in [6.45, 7) is 1.13. The number of aromatic nitrogens is 6. The van der Waals surface area contributed by atoms with Crippen LogP contribution in [0.3, 0.4) is 0 Å². The fourth-order valence-corrected chi connectivity index (χ4v) is 2.14. The van der Waals surface area contributed by atoms with Gasteiger partial charge in [-0.3, -0.25) is 9.25 Å². The zero-order chi connectivity index (χ0) is 11.8. The van der Waals surface area contributed by atoms with Gasteiger partial charge in [0.25, 0.3) is 0 Å². The van der Waals surface area contributed by atoms with E-state index in [2.05, 4.69) is 15.2 Å². The molecular formula is C10H14N6O. The van der Waals surface area contributed by atoms with E-state index in [0.29, 0.717) is 12.4 Å². The van der Waals surface area contributed by atoms with E-state index < -0.39 is 0 Å². The molecule has 7 nitrogen and oxygen atoms in total. The lowest BCUT2D eigenvalue weighted by Gasteiger charge is -2.09. The molecule has 0 bridgehead atoms. The van der Waals surface area contributed by atoms with E-state index in [1.165, 1.54) is 4.68 Å². The molecule has 0 saturated heterocycles. The Labute approximate surface area is 97.7 Å². The fourth-order valence-electron chi connectivity index (χ4n) is 2.14. The lowest BCUT2D eigenvalue weighted by Crippen LogP contribution is -2.27. The number of aryl methyl sites for hydroxylation is 2. The van der Waals surface area contributed by atoms with Crippen molar-refractivity contribution < 1.29 is 0 Å². The van der Waals surface area contributed by atoms with Gasteiger partial charge < -0.3 is 0 Å². The van der Waals surface area contributed by atoms with Gasteiger partial charge in [-0.25, -0.2) is 14.5 Å². The molecule has 0 fully saturated rings. The van der Waals surface area contributed by atoms with Crippen molar-refractivity contribution in [1.29, 1.82) is 0 Å². The van der Waals surface area contributed by atoms with Crippen molar-refractivity contribution in [1.82, 2.24) is 29.1 Å². The van der Waals surface area contributed by atoms with Gasteiger partial charge in [-0.2, -0.15) is 10.2 Å². The van der Waals surface area contributed by atoms with Crippen molar-refractivity contribution in [3.8, 4) is 0 Å². The van der Waals surface area contributed by atoms with E-state index in [4.69, 9.17) is 0 Å². The normalized spacial score (nSPS) is 14.9. The Balaban J connectivity index is 1.93. The molecule has 7 heteroatoms. The molecule has 0 unspecified atom stereocenters. The van der Waals surface area contributed by atoms with E-state index >= 15 is 0 Å². The molecule has 2 aromatic heterocycles. The summed E-state index contributed by atoms with van der Waals surface area (Å²) in [6.07, 6.45) is 4.67. The van der Waals surface area contributed by atoms with E-state index in [1.54, 1.807) is 22.6 Å². The van der Waals surface area contributed by atoms with Crippen LogP contribution in [0.4, 0.5) is 0 Å². The van der Waals surface area contributed by atoms with E-state index in [0.717, 1.165) is 31.6 Å². The zero-order valence-corrected chi connectivity index (χ0v) is 9.70. The number of hydrogen-bond acceptors (Lipinski definition) is 4. The summed E-state index contributed by atoms with van der Waals surface area (Å²) in [5, 5.41) is 8.48. The Kier molecular flexibility index (Phi) is 2.31. The first-order chi connectivity index (χ1) is 8.24.